The molecular formula is C15H13ClNO3S+. The molecule has 0 amide bonds. The second kappa shape index (κ2) is 6.03. The van der Waals surface area contributed by atoms with Crippen molar-refractivity contribution >= 4 is 29.1 Å². The summed E-state index contributed by atoms with van der Waals surface area (Å²) >= 11 is 6.75. The van der Waals surface area contributed by atoms with Crippen LogP contribution in [0.25, 0.3) is 0 Å². The molecule has 1 heterocycles. The number of aryl methyl sites for hydroxylation is 1. The van der Waals surface area contributed by atoms with Gasteiger partial charge in [0.05, 0.1) is 16.8 Å². The zero-order chi connectivity index (χ0) is 14.8. The van der Waals surface area contributed by atoms with Gasteiger partial charge in [-0.05, 0) is 30.5 Å². The van der Waals surface area contributed by atoms with E-state index in [-0.39, 0.29) is 5.78 Å². The van der Waals surface area contributed by atoms with E-state index in [4.69, 9.17) is 16.1 Å². The predicted molar refractivity (Wildman–Crippen MR) is 80.0 cm³/mol. The van der Waals surface area contributed by atoms with Crippen molar-refractivity contribution in [2.75, 3.05) is 5.75 Å². The van der Waals surface area contributed by atoms with Crippen molar-refractivity contribution in [3.8, 4) is 0 Å². The van der Waals surface area contributed by atoms with Crippen LogP contribution in [-0.2, 0) is 22.3 Å². The van der Waals surface area contributed by atoms with Gasteiger partial charge in [-0.3, -0.25) is 4.79 Å². The summed E-state index contributed by atoms with van der Waals surface area (Å²) in [6.07, 6.45) is 4.18. The van der Waals surface area contributed by atoms with Crippen molar-refractivity contribution in [1.29, 1.82) is 0 Å². The highest BCUT2D eigenvalue weighted by Gasteiger charge is 2.33. The SMILES string of the molecule is O=[S+]CCc1ccc(C(=O)c2cnoc2C2CC2)c(Cl)c1. The first kappa shape index (κ1) is 14.4. The van der Waals surface area contributed by atoms with Gasteiger partial charge in [0.1, 0.15) is 0 Å². The average molecular weight is 323 g/mol. The fraction of sp³-hybridized carbons (Fsp3) is 0.333. The van der Waals surface area contributed by atoms with Gasteiger partial charge in [0.2, 0.25) is 5.75 Å². The number of carbonyl (C=O) groups is 1. The Morgan fingerprint density at radius 2 is 2.19 bits per heavy atom. The second-order valence-electron chi connectivity index (χ2n) is 5.09. The third-order valence-electron chi connectivity index (χ3n) is 3.54. The number of halogens is 1. The quantitative estimate of drug-likeness (QED) is 0.604. The lowest BCUT2D eigenvalue weighted by atomic mass is 10.0. The van der Waals surface area contributed by atoms with Crippen LogP contribution in [0.15, 0.2) is 28.9 Å². The average Bonchev–Trinajstić information content (AvgIpc) is 3.21. The Labute approximate surface area is 131 Å². The van der Waals surface area contributed by atoms with E-state index in [1.165, 1.54) is 6.20 Å². The molecule has 0 saturated heterocycles. The lowest BCUT2D eigenvalue weighted by Gasteiger charge is -2.05. The lowest BCUT2D eigenvalue weighted by molar-refractivity contribution is 0.103. The molecule has 1 saturated carbocycles. The number of aromatic nitrogens is 1. The van der Waals surface area contributed by atoms with Gasteiger partial charge >= 0.3 is 11.7 Å². The maximum atomic E-state index is 12.6. The molecule has 1 fully saturated rings. The van der Waals surface area contributed by atoms with Crippen molar-refractivity contribution in [2.45, 2.75) is 25.2 Å². The Hall–Kier alpha value is -1.59. The number of nitrogens with zero attached hydrogens (tertiary/aromatic N) is 1. The number of carbonyl (C=O) groups excluding carboxylic acids is 1. The van der Waals surface area contributed by atoms with Crippen LogP contribution < -0.4 is 0 Å². The van der Waals surface area contributed by atoms with Gasteiger partial charge in [-0.15, -0.1) is 0 Å². The Morgan fingerprint density at radius 3 is 2.86 bits per heavy atom. The molecule has 0 spiro atoms. The highest BCUT2D eigenvalue weighted by molar-refractivity contribution is 7.65. The van der Waals surface area contributed by atoms with Crippen LogP contribution in [0, 0.1) is 0 Å². The molecule has 1 aliphatic rings. The zero-order valence-electron chi connectivity index (χ0n) is 11.2. The molecule has 21 heavy (non-hydrogen) atoms. The topological polar surface area (TPSA) is 60.2 Å². The zero-order valence-corrected chi connectivity index (χ0v) is 12.7. The van der Waals surface area contributed by atoms with Crippen LogP contribution in [0.1, 0.15) is 46.0 Å². The van der Waals surface area contributed by atoms with Gasteiger partial charge < -0.3 is 4.52 Å². The first-order valence-corrected chi connectivity index (χ1v) is 8.02. The van der Waals surface area contributed by atoms with Crippen molar-refractivity contribution in [3.05, 3.63) is 51.9 Å². The van der Waals surface area contributed by atoms with Gasteiger partial charge in [0.25, 0.3) is 0 Å². The molecular weight excluding hydrogens is 310 g/mol. The third-order valence-corrected chi connectivity index (χ3v) is 4.23. The molecule has 2 aromatic rings. The molecule has 0 aliphatic heterocycles. The molecule has 1 aromatic heterocycles. The van der Waals surface area contributed by atoms with Gasteiger partial charge in [0, 0.05) is 22.1 Å². The van der Waals surface area contributed by atoms with Crippen LogP contribution in [-0.4, -0.2) is 16.7 Å². The van der Waals surface area contributed by atoms with E-state index in [1.807, 2.05) is 6.07 Å². The smallest absolute Gasteiger partial charge is 0.360 e. The summed E-state index contributed by atoms with van der Waals surface area (Å²) in [5, 5.41) is 4.14. The number of hydrogen-bond acceptors (Lipinski definition) is 4. The van der Waals surface area contributed by atoms with E-state index in [2.05, 4.69) is 5.16 Å². The maximum absolute atomic E-state index is 12.6. The standard InChI is InChI=1S/C15H13ClNO3S/c16-13-7-9(5-6-21-19)1-4-11(13)14(18)12-8-17-20-15(12)10-2-3-10/h1,4,7-8,10H,2-3,5-6H2/q+1. The number of benzene rings is 1. The molecule has 0 N–H and O–H groups in total. The molecule has 108 valence electrons. The van der Waals surface area contributed by atoms with Gasteiger partial charge in [-0.25, -0.2) is 0 Å². The van der Waals surface area contributed by atoms with E-state index in [0.717, 1.165) is 18.4 Å². The summed E-state index contributed by atoms with van der Waals surface area (Å²) in [4.78, 5) is 12.6. The fourth-order valence-corrected chi connectivity index (χ4v) is 2.87. The molecule has 4 nitrogen and oxygen atoms in total. The minimum absolute atomic E-state index is 0.159. The van der Waals surface area contributed by atoms with Gasteiger partial charge in [-0.2, -0.15) is 0 Å². The second-order valence-corrected chi connectivity index (χ2v) is 6.14. The Balaban J connectivity index is 1.87. The summed E-state index contributed by atoms with van der Waals surface area (Å²) in [5.41, 5.74) is 1.90. The monoisotopic (exact) mass is 322 g/mol. The molecule has 6 heteroatoms. The summed E-state index contributed by atoms with van der Waals surface area (Å²) in [6, 6.07) is 5.29. The van der Waals surface area contributed by atoms with Crippen molar-refractivity contribution < 1.29 is 13.5 Å². The summed E-state index contributed by atoms with van der Waals surface area (Å²) in [5.74, 6) is 1.32. The fourth-order valence-electron chi connectivity index (χ4n) is 2.26. The van der Waals surface area contributed by atoms with Crippen molar-refractivity contribution in [1.82, 2.24) is 5.16 Å². The lowest BCUT2D eigenvalue weighted by Crippen LogP contribution is -2.04. The molecule has 0 atom stereocenters. The van der Waals surface area contributed by atoms with Crippen LogP contribution in [0.4, 0.5) is 0 Å². The Bertz CT molecular complexity index is 694. The minimum Gasteiger partial charge on any atom is -0.360 e. The summed E-state index contributed by atoms with van der Waals surface area (Å²) in [7, 11) is 0. The number of ketones is 1. The molecule has 3 rings (SSSR count). The first-order chi connectivity index (χ1) is 10.2. The molecule has 1 aliphatic carbocycles. The van der Waals surface area contributed by atoms with Crippen LogP contribution in [0.3, 0.4) is 0 Å². The van der Waals surface area contributed by atoms with E-state index >= 15 is 0 Å². The van der Waals surface area contributed by atoms with Crippen LogP contribution in [0.5, 0.6) is 0 Å². The minimum atomic E-state index is -0.159. The molecule has 1 aromatic carbocycles. The Kier molecular flexibility index (Phi) is 4.12. The highest BCUT2D eigenvalue weighted by atomic mass is 35.5. The maximum Gasteiger partial charge on any atom is 0.459 e. The first-order valence-electron chi connectivity index (χ1n) is 6.73. The van der Waals surface area contributed by atoms with Crippen LogP contribution >= 0.6 is 11.6 Å². The van der Waals surface area contributed by atoms with Gasteiger partial charge in [-0.1, -0.05) is 22.8 Å². The largest absolute Gasteiger partial charge is 0.459 e. The van der Waals surface area contributed by atoms with E-state index in [9.17, 15) is 9.00 Å². The van der Waals surface area contributed by atoms with E-state index < -0.39 is 0 Å². The van der Waals surface area contributed by atoms with Crippen molar-refractivity contribution in [2.24, 2.45) is 0 Å². The normalized spacial score (nSPS) is 14.1. The highest BCUT2D eigenvalue weighted by Crippen LogP contribution is 2.42. The number of rotatable bonds is 6. The molecule has 0 radical (unpaired) electrons. The van der Waals surface area contributed by atoms with Crippen LogP contribution in [0.2, 0.25) is 5.02 Å². The Morgan fingerprint density at radius 1 is 1.38 bits per heavy atom. The van der Waals surface area contributed by atoms with Gasteiger partial charge in [0.15, 0.2) is 11.5 Å². The molecule has 0 unspecified atom stereocenters. The number of hydrogen-bond donors (Lipinski definition) is 0. The summed E-state index contributed by atoms with van der Waals surface area (Å²) in [6.45, 7) is 0. The van der Waals surface area contributed by atoms with Crippen molar-refractivity contribution in [3.63, 3.8) is 0 Å². The van der Waals surface area contributed by atoms with E-state index in [1.54, 1.807) is 12.1 Å². The molecule has 0 bridgehead atoms. The third kappa shape index (κ3) is 3.04. The summed E-state index contributed by atoms with van der Waals surface area (Å²) < 4.78 is 15.6. The van der Waals surface area contributed by atoms with E-state index in [0.29, 0.717) is 51.7 Å². The predicted octanol–water partition coefficient (Wildman–Crippen LogP) is 3.41.